The Balaban J connectivity index is 1.39. The highest BCUT2D eigenvalue weighted by atomic mass is 19.4. The molecule has 15 heteroatoms. The van der Waals surface area contributed by atoms with Crippen molar-refractivity contribution in [2.24, 2.45) is 52.3 Å². The fourth-order valence-electron chi connectivity index (χ4n) is 10.7. The van der Waals surface area contributed by atoms with Crippen LogP contribution in [-0.4, -0.2) is 47.9 Å². The highest BCUT2D eigenvalue weighted by Gasteiger charge is 2.90. The van der Waals surface area contributed by atoms with Gasteiger partial charge < -0.3 is 4.74 Å². The molecule has 0 unspecified atom stereocenters. The van der Waals surface area contributed by atoms with Crippen molar-refractivity contribution in [2.45, 2.75) is 160 Å². The van der Waals surface area contributed by atoms with Crippen LogP contribution in [0.2, 0.25) is 0 Å². The molecule has 0 radical (unpaired) electrons. The summed E-state index contributed by atoms with van der Waals surface area (Å²) in [6.07, 6.45) is -1.08. The number of hydrogen-bond donors (Lipinski definition) is 0. The van der Waals surface area contributed by atoms with E-state index in [1.54, 1.807) is 0 Å². The maximum Gasteiger partial charge on any atom is 0.460 e. The number of alkyl halides is 13. The standard InChI is InChI=1S/C35H49F13O2/c1-19(2)7-6-8-20(3)24-11-12-25-23-10-9-21-17-22(13-15-28(21,4)26(23)14-16-29(24,25)5)50-27(49)18-30(36,37)31(38,39)32(40,41)33(42,43)34(44,45)35(46,47)48/h19-26H,6-18H2,1-5H3/t20-,21+,22+,23+,24-,25+,26+,28+,29-/m1/s1. The van der Waals surface area contributed by atoms with Crippen molar-refractivity contribution >= 4 is 5.97 Å². The van der Waals surface area contributed by atoms with Crippen LogP contribution in [0.25, 0.3) is 0 Å². The summed E-state index contributed by atoms with van der Waals surface area (Å²) in [4.78, 5) is 12.3. The van der Waals surface area contributed by atoms with Crippen LogP contribution in [0, 0.1) is 52.3 Å². The average Bonchev–Trinajstić information content (AvgIpc) is 3.33. The van der Waals surface area contributed by atoms with E-state index in [0.717, 1.165) is 32.1 Å². The van der Waals surface area contributed by atoms with E-state index >= 15 is 0 Å². The Hall–Kier alpha value is -1.44. The molecule has 4 aliphatic carbocycles. The Labute approximate surface area is 285 Å². The van der Waals surface area contributed by atoms with Crippen LogP contribution in [0.1, 0.15) is 118 Å². The second kappa shape index (κ2) is 13.4. The van der Waals surface area contributed by atoms with Crippen LogP contribution in [0.5, 0.6) is 0 Å². The van der Waals surface area contributed by atoms with E-state index in [9.17, 15) is 61.9 Å². The van der Waals surface area contributed by atoms with Crippen molar-refractivity contribution in [3.05, 3.63) is 0 Å². The lowest BCUT2D eigenvalue weighted by molar-refractivity contribution is -0.439. The van der Waals surface area contributed by atoms with Gasteiger partial charge in [-0.25, -0.2) is 0 Å². The average molecular weight is 749 g/mol. The number of ether oxygens (including phenoxy) is 1. The lowest BCUT2D eigenvalue weighted by Gasteiger charge is -2.61. The van der Waals surface area contributed by atoms with E-state index in [1.807, 2.05) is 0 Å². The van der Waals surface area contributed by atoms with Gasteiger partial charge in [0, 0.05) is 0 Å². The molecule has 0 aliphatic heterocycles. The summed E-state index contributed by atoms with van der Waals surface area (Å²) in [6, 6.07) is 0. The van der Waals surface area contributed by atoms with Gasteiger partial charge >= 0.3 is 41.8 Å². The fourth-order valence-corrected chi connectivity index (χ4v) is 10.7. The third-order valence-electron chi connectivity index (χ3n) is 13.5. The molecule has 50 heavy (non-hydrogen) atoms. The molecule has 2 nitrogen and oxygen atoms in total. The molecule has 4 aliphatic rings. The first-order valence-electron chi connectivity index (χ1n) is 17.7. The lowest BCUT2D eigenvalue weighted by Crippen LogP contribution is -2.70. The molecular weight excluding hydrogens is 699 g/mol. The van der Waals surface area contributed by atoms with Gasteiger partial charge in [-0.1, -0.05) is 53.9 Å². The highest BCUT2D eigenvalue weighted by molar-refractivity contribution is 5.71. The molecule has 0 N–H and O–H groups in total. The van der Waals surface area contributed by atoms with E-state index in [4.69, 9.17) is 4.74 Å². The molecule has 0 aromatic carbocycles. The van der Waals surface area contributed by atoms with E-state index in [1.165, 1.54) is 25.7 Å². The second-order valence-electron chi connectivity index (χ2n) is 16.8. The van der Waals surface area contributed by atoms with Crippen LogP contribution >= 0.6 is 0 Å². The van der Waals surface area contributed by atoms with Gasteiger partial charge in [0.25, 0.3) is 0 Å². The maximum atomic E-state index is 14.4. The van der Waals surface area contributed by atoms with Crippen molar-refractivity contribution in [2.75, 3.05) is 0 Å². The van der Waals surface area contributed by atoms with Crippen molar-refractivity contribution in [3.8, 4) is 0 Å². The summed E-state index contributed by atoms with van der Waals surface area (Å²) in [6.45, 7) is 11.4. The van der Waals surface area contributed by atoms with Gasteiger partial charge in [0.2, 0.25) is 0 Å². The first kappa shape index (κ1) is 41.3. The zero-order valence-electron chi connectivity index (χ0n) is 29.0. The largest absolute Gasteiger partial charge is 0.462 e. The van der Waals surface area contributed by atoms with Crippen molar-refractivity contribution < 1.29 is 66.6 Å². The smallest absolute Gasteiger partial charge is 0.460 e. The Morgan fingerprint density at radius 1 is 0.680 bits per heavy atom. The first-order chi connectivity index (χ1) is 22.6. The van der Waals surface area contributed by atoms with Gasteiger partial charge in [0.05, 0.1) is 0 Å². The minimum Gasteiger partial charge on any atom is -0.462 e. The molecule has 0 bridgehead atoms. The third-order valence-corrected chi connectivity index (χ3v) is 13.5. The molecule has 0 heterocycles. The number of hydrogen-bond acceptors (Lipinski definition) is 2. The van der Waals surface area contributed by atoms with Crippen molar-refractivity contribution in [1.29, 1.82) is 0 Å². The van der Waals surface area contributed by atoms with Crippen LogP contribution < -0.4 is 0 Å². The Kier molecular flexibility index (Phi) is 11.1. The van der Waals surface area contributed by atoms with Gasteiger partial charge in [0.1, 0.15) is 12.5 Å². The van der Waals surface area contributed by atoms with Gasteiger partial charge in [-0.3, -0.25) is 4.79 Å². The second-order valence-corrected chi connectivity index (χ2v) is 16.8. The highest BCUT2D eigenvalue weighted by Crippen LogP contribution is 2.69. The number of carbonyl (C=O) groups excluding carboxylic acids is 1. The van der Waals surface area contributed by atoms with Gasteiger partial charge in [-0.05, 0) is 110 Å². The minimum absolute atomic E-state index is 0.0404. The van der Waals surface area contributed by atoms with Crippen LogP contribution in [0.4, 0.5) is 57.1 Å². The summed E-state index contributed by atoms with van der Waals surface area (Å²) in [5.41, 5.74) is 0.0352. The third kappa shape index (κ3) is 6.65. The topological polar surface area (TPSA) is 26.3 Å². The van der Waals surface area contributed by atoms with Crippen molar-refractivity contribution in [1.82, 2.24) is 0 Å². The summed E-state index contributed by atoms with van der Waals surface area (Å²) >= 11 is 0. The normalized spacial score (nSPS) is 34.9. The van der Waals surface area contributed by atoms with Crippen LogP contribution in [-0.2, 0) is 9.53 Å². The molecule has 4 fully saturated rings. The molecule has 9 atom stereocenters. The maximum absolute atomic E-state index is 14.4. The summed E-state index contributed by atoms with van der Waals surface area (Å²) in [5.74, 6) is -36.6. The Morgan fingerprint density at radius 3 is 1.82 bits per heavy atom. The molecular formula is C35H49F13O2. The van der Waals surface area contributed by atoms with E-state index in [2.05, 4.69) is 34.6 Å². The number of halogens is 13. The molecule has 292 valence electrons. The lowest BCUT2D eigenvalue weighted by atomic mass is 9.44. The molecule has 0 aromatic heterocycles. The molecule has 4 saturated carbocycles. The first-order valence-corrected chi connectivity index (χ1v) is 17.7. The molecule has 0 aromatic rings. The number of rotatable bonds is 12. The molecule has 0 spiro atoms. The van der Waals surface area contributed by atoms with Gasteiger partial charge in [-0.2, -0.15) is 57.1 Å². The number of esters is 1. The van der Waals surface area contributed by atoms with Gasteiger partial charge in [0.15, 0.2) is 0 Å². The summed E-state index contributed by atoms with van der Waals surface area (Å²) < 4.78 is 180. The monoisotopic (exact) mass is 748 g/mol. The SMILES string of the molecule is CC(C)CCC[C@@H](C)[C@H]1CC[C@H]2[C@@H]3CC[C@H]4C[C@@H](OC(=O)CC(F)(F)C(F)(F)C(F)(F)C(F)(F)C(F)(F)C(F)(F)F)CC[C@]4(C)[C@H]3CC[C@]12C. The zero-order chi connectivity index (χ0) is 38.1. The van der Waals surface area contributed by atoms with E-state index < -0.39 is 54.3 Å². The number of carbonyl (C=O) groups is 1. The predicted molar refractivity (Wildman–Crippen MR) is 158 cm³/mol. The summed E-state index contributed by atoms with van der Waals surface area (Å²) in [5, 5.41) is 0. The molecule has 4 rings (SSSR count). The Bertz CT molecular complexity index is 1220. The number of fused-ring (bicyclic) bond motifs is 5. The van der Waals surface area contributed by atoms with Crippen LogP contribution in [0.3, 0.4) is 0 Å². The minimum atomic E-state index is -8.00. The van der Waals surface area contributed by atoms with E-state index in [-0.39, 0.29) is 29.6 Å². The molecule has 0 amide bonds. The van der Waals surface area contributed by atoms with Gasteiger partial charge in [-0.15, -0.1) is 0 Å². The quantitative estimate of drug-likeness (QED) is 0.147. The fraction of sp³-hybridized carbons (Fsp3) is 0.971. The van der Waals surface area contributed by atoms with Crippen LogP contribution in [0.15, 0.2) is 0 Å². The summed E-state index contributed by atoms with van der Waals surface area (Å²) in [7, 11) is 0. The predicted octanol–water partition coefficient (Wildman–Crippen LogP) is 12.1. The molecule has 0 saturated heterocycles. The Morgan fingerprint density at radius 2 is 1.24 bits per heavy atom. The van der Waals surface area contributed by atoms with E-state index in [0.29, 0.717) is 41.9 Å². The zero-order valence-corrected chi connectivity index (χ0v) is 29.0. The van der Waals surface area contributed by atoms with Crippen molar-refractivity contribution in [3.63, 3.8) is 0 Å².